The van der Waals surface area contributed by atoms with E-state index in [-0.39, 0.29) is 11.7 Å². The number of nitrogens with one attached hydrogen (secondary N) is 1. The van der Waals surface area contributed by atoms with Crippen molar-refractivity contribution in [2.24, 2.45) is 0 Å². The summed E-state index contributed by atoms with van der Waals surface area (Å²) in [7, 11) is 0. The van der Waals surface area contributed by atoms with Gasteiger partial charge in [0.05, 0.1) is 0 Å². The first kappa shape index (κ1) is 11.2. The Morgan fingerprint density at radius 1 is 1.57 bits per heavy atom. The molecule has 1 aromatic carbocycles. The first-order valence-corrected chi connectivity index (χ1v) is 5.07. The van der Waals surface area contributed by atoms with Crippen LogP contribution >= 0.6 is 15.9 Å². The second-order valence-corrected chi connectivity index (χ2v) is 3.82. The highest BCUT2D eigenvalue weighted by Gasteiger charge is 2.01. The Kier molecular flexibility index (Phi) is 4.07. The summed E-state index contributed by atoms with van der Waals surface area (Å²) < 4.78 is 13.4. The number of hydrogen-bond donors (Lipinski definition) is 1. The molecule has 0 spiro atoms. The number of rotatable bonds is 3. The van der Waals surface area contributed by atoms with Crippen molar-refractivity contribution < 1.29 is 9.18 Å². The van der Waals surface area contributed by atoms with E-state index in [9.17, 15) is 9.18 Å². The molecule has 0 atom stereocenters. The SMILES string of the molecule is CC(=O)NCCc1ccc(F)cc1Br. The Bertz CT molecular complexity index is 341. The molecule has 0 aromatic heterocycles. The van der Waals surface area contributed by atoms with Gasteiger partial charge >= 0.3 is 0 Å². The molecular weight excluding hydrogens is 249 g/mol. The van der Waals surface area contributed by atoms with E-state index in [1.165, 1.54) is 19.1 Å². The molecule has 0 saturated heterocycles. The zero-order chi connectivity index (χ0) is 10.6. The summed E-state index contributed by atoms with van der Waals surface area (Å²) in [6, 6.07) is 4.54. The number of carbonyl (C=O) groups is 1. The average Bonchev–Trinajstić information content (AvgIpc) is 2.08. The summed E-state index contributed by atoms with van der Waals surface area (Å²) >= 11 is 3.26. The fourth-order valence-corrected chi connectivity index (χ4v) is 1.65. The Morgan fingerprint density at radius 2 is 2.29 bits per heavy atom. The van der Waals surface area contributed by atoms with Crippen LogP contribution in [0.2, 0.25) is 0 Å². The van der Waals surface area contributed by atoms with Gasteiger partial charge in [-0.05, 0) is 24.1 Å². The van der Waals surface area contributed by atoms with Crippen LogP contribution in [0.1, 0.15) is 12.5 Å². The lowest BCUT2D eigenvalue weighted by molar-refractivity contribution is -0.118. The lowest BCUT2D eigenvalue weighted by Crippen LogP contribution is -2.22. The largest absolute Gasteiger partial charge is 0.356 e. The van der Waals surface area contributed by atoms with E-state index >= 15 is 0 Å². The van der Waals surface area contributed by atoms with E-state index in [0.717, 1.165) is 10.0 Å². The van der Waals surface area contributed by atoms with E-state index in [2.05, 4.69) is 21.2 Å². The average molecular weight is 260 g/mol. The molecule has 1 amide bonds. The second kappa shape index (κ2) is 5.10. The fraction of sp³-hybridized carbons (Fsp3) is 0.300. The van der Waals surface area contributed by atoms with Crippen molar-refractivity contribution in [3.05, 3.63) is 34.1 Å². The standard InChI is InChI=1S/C10H11BrFNO/c1-7(14)13-5-4-8-2-3-9(12)6-10(8)11/h2-3,6H,4-5H2,1H3,(H,13,14). The van der Waals surface area contributed by atoms with Gasteiger partial charge in [0.15, 0.2) is 0 Å². The van der Waals surface area contributed by atoms with Gasteiger partial charge in [0.25, 0.3) is 0 Å². The van der Waals surface area contributed by atoms with Gasteiger partial charge < -0.3 is 5.32 Å². The predicted molar refractivity (Wildman–Crippen MR) is 56.5 cm³/mol. The number of amides is 1. The number of benzene rings is 1. The van der Waals surface area contributed by atoms with E-state index in [1.807, 2.05) is 0 Å². The molecule has 2 nitrogen and oxygen atoms in total. The number of hydrogen-bond acceptors (Lipinski definition) is 1. The van der Waals surface area contributed by atoms with E-state index < -0.39 is 0 Å². The van der Waals surface area contributed by atoms with Crippen molar-refractivity contribution in [2.45, 2.75) is 13.3 Å². The molecule has 0 radical (unpaired) electrons. The van der Waals surface area contributed by atoms with Gasteiger partial charge in [-0.15, -0.1) is 0 Å². The third-order valence-electron chi connectivity index (χ3n) is 1.78. The van der Waals surface area contributed by atoms with Crippen molar-refractivity contribution in [2.75, 3.05) is 6.54 Å². The summed E-state index contributed by atoms with van der Waals surface area (Å²) in [6.45, 7) is 2.04. The van der Waals surface area contributed by atoms with Crippen LogP contribution in [-0.2, 0) is 11.2 Å². The zero-order valence-corrected chi connectivity index (χ0v) is 9.40. The summed E-state index contributed by atoms with van der Waals surface area (Å²) in [5.74, 6) is -0.316. The molecule has 0 fully saturated rings. The predicted octanol–water partition coefficient (Wildman–Crippen LogP) is 2.27. The minimum atomic E-state index is -0.264. The maximum atomic E-state index is 12.7. The molecule has 0 aliphatic rings. The first-order valence-electron chi connectivity index (χ1n) is 4.28. The highest BCUT2D eigenvalue weighted by Crippen LogP contribution is 2.17. The first-order chi connectivity index (χ1) is 6.59. The number of carbonyl (C=O) groups excluding carboxylic acids is 1. The Balaban J connectivity index is 2.55. The Labute approximate surface area is 90.6 Å². The topological polar surface area (TPSA) is 29.1 Å². The summed E-state index contributed by atoms with van der Waals surface area (Å²) in [6.07, 6.45) is 0.695. The molecule has 1 aromatic rings. The lowest BCUT2D eigenvalue weighted by atomic mass is 10.1. The zero-order valence-electron chi connectivity index (χ0n) is 7.81. The third-order valence-corrected chi connectivity index (χ3v) is 2.52. The van der Waals surface area contributed by atoms with E-state index in [0.29, 0.717) is 13.0 Å². The molecule has 1 N–H and O–H groups in total. The van der Waals surface area contributed by atoms with Crippen LogP contribution in [0.5, 0.6) is 0 Å². The molecule has 0 unspecified atom stereocenters. The van der Waals surface area contributed by atoms with Gasteiger partial charge in [0.2, 0.25) is 5.91 Å². The van der Waals surface area contributed by atoms with Crippen LogP contribution in [0.15, 0.2) is 22.7 Å². The monoisotopic (exact) mass is 259 g/mol. The minimum Gasteiger partial charge on any atom is -0.356 e. The van der Waals surface area contributed by atoms with Crippen molar-refractivity contribution >= 4 is 21.8 Å². The van der Waals surface area contributed by atoms with Gasteiger partial charge in [-0.2, -0.15) is 0 Å². The summed E-state index contributed by atoms with van der Waals surface area (Å²) in [5.41, 5.74) is 0.986. The normalized spacial score (nSPS) is 9.93. The molecule has 0 bridgehead atoms. The van der Waals surface area contributed by atoms with Gasteiger partial charge in [0.1, 0.15) is 5.82 Å². The van der Waals surface area contributed by atoms with Crippen molar-refractivity contribution in [1.82, 2.24) is 5.32 Å². The van der Waals surface area contributed by atoms with Crippen LogP contribution in [0.4, 0.5) is 4.39 Å². The maximum Gasteiger partial charge on any atom is 0.216 e. The van der Waals surface area contributed by atoms with E-state index in [1.54, 1.807) is 6.07 Å². The second-order valence-electron chi connectivity index (χ2n) is 2.97. The smallest absolute Gasteiger partial charge is 0.216 e. The molecule has 1 rings (SSSR count). The van der Waals surface area contributed by atoms with Gasteiger partial charge in [-0.25, -0.2) is 4.39 Å². The molecule has 4 heteroatoms. The van der Waals surface area contributed by atoms with Gasteiger partial charge in [-0.3, -0.25) is 4.79 Å². The lowest BCUT2D eigenvalue weighted by Gasteiger charge is -2.04. The van der Waals surface area contributed by atoms with Crippen molar-refractivity contribution in [3.8, 4) is 0 Å². The quantitative estimate of drug-likeness (QED) is 0.887. The fourth-order valence-electron chi connectivity index (χ4n) is 1.10. The Morgan fingerprint density at radius 3 is 2.86 bits per heavy atom. The van der Waals surface area contributed by atoms with Crippen LogP contribution in [0.3, 0.4) is 0 Å². The molecule has 0 aliphatic carbocycles. The highest BCUT2D eigenvalue weighted by molar-refractivity contribution is 9.10. The van der Waals surface area contributed by atoms with Gasteiger partial charge in [0, 0.05) is 17.9 Å². The Hall–Kier alpha value is -0.900. The maximum absolute atomic E-state index is 12.7. The van der Waals surface area contributed by atoms with E-state index in [4.69, 9.17) is 0 Å². The van der Waals surface area contributed by atoms with Crippen LogP contribution in [0, 0.1) is 5.82 Å². The molecular formula is C10H11BrFNO. The summed E-state index contributed by atoms with van der Waals surface area (Å²) in [5, 5.41) is 2.68. The molecule has 14 heavy (non-hydrogen) atoms. The highest BCUT2D eigenvalue weighted by atomic mass is 79.9. The molecule has 0 aliphatic heterocycles. The minimum absolute atomic E-state index is 0.0526. The van der Waals surface area contributed by atoms with Crippen LogP contribution < -0.4 is 5.32 Å². The molecule has 76 valence electrons. The van der Waals surface area contributed by atoms with Crippen molar-refractivity contribution in [1.29, 1.82) is 0 Å². The third kappa shape index (κ3) is 3.46. The van der Waals surface area contributed by atoms with Crippen LogP contribution in [-0.4, -0.2) is 12.5 Å². The number of halogens is 2. The molecule has 0 heterocycles. The van der Waals surface area contributed by atoms with Gasteiger partial charge in [-0.1, -0.05) is 22.0 Å². The van der Waals surface area contributed by atoms with Crippen LogP contribution in [0.25, 0.3) is 0 Å². The summed E-state index contributed by atoms with van der Waals surface area (Å²) in [4.78, 5) is 10.6. The molecule has 0 saturated carbocycles. The van der Waals surface area contributed by atoms with Crippen molar-refractivity contribution in [3.63, 3.8) is 0 Å².